The molecule has 0 atom stereocenters. The minimum atomic E-state index is 0.0178. The summed E-state index contributed by atoms with van der Waals surface area (Å²) in [6.07, 6.45) is 3.50. The molecule has 1 aliphatic heterocycles. The summed E-state index contributed by atoms with van der Waals surface area (Å²) in [5, 5.41) is 3.30. The predicted octanol–water partition coefficient (Wildman–Crippen LogP) is 2.66. The summed E-state index contributed by atoms with van der Waals surface area (Å²) in [5.41, 5.74) is 2.95. The van der Waals surface area contributed by atoms with Crippen LogP contribution >= 0.6 is 0 Å². The minimum Gasteiger partial charge on any atom is -0.493 e. The molecule has 156 valence electrons. The molecule has 1 aliphatic rings. The van der Waals surface area contributed by atoms with Crippen LogP contribution in [-0.4, -0.2) is 68.6 Å². The fraction of sp³-hybridized carbons (Fsp3) is 0.455. The summed E-state index contributed by atoms with van der Waals surface area (Å²) in [6.45, 7) is 3.06. The van der Waals surface area contributed by atoms with Gasteiger partial charge in [0.2, 0.25) is 0 Å². The van der Waals surface area contributed by atoms with E-state index >= 15 is 0 Å². The van der Waals surface area contributed by atoms with E-state index in [2.05, 4.69) is 29.3 Å². The van der Waals surface area contributed by atoms with Crippen LogP contribution in [0.3, 0.4) is 0 Å². The lowest BCUT2D eigenvalue weighted by molar-refractivity contribution is 0.0734. The lowest BCUT2D eigenvalue weighted by Gasteiger charge is -2.29. The Morgan fingerprint density at radius 1 is 1.17 bits per heavy atom. The van der Waals surface area contributed by atoms with Gasteiger partial charge in [-0.25, -0.2) is 4.98 Å². The molecule has 0 saturated carbocycles. The number of benzene rings is 1. The second-order valence-corrected chi connectivity index (χ2v) is 7.47. The highest BCUT2D eigenvalue weighted by Gasteiger charge is 2.24. The molecule has 3 rings (SSSR count). The molecule has 2 heterocycles. The zero-order chi connectivity index (χ0) is 20.8. The number of carbonyl (C=O) groups is 1. The predicted molar refractivity (Wildman–Crippen MR) is 114 cm³/mol. The molecule has 0 aliphatic carbocycles. The lowest BCUT2D eigenvalue weighted by atomic mass is 9.98. The van der Waals surface area contributed by atoms with Crippen molar-refractivity contribution >= 4 is 11.7 Å². The second-order valence-electron chi connectivity index (χ2n) is 7.47. The third-order valence-corrected chi connectivity index (χ3v) is 5.10. The van der Waals surface area contributed by atoms with E-state index in [1.54, 1.807) is 26.5 Å². The Morgan fingerprint density at radius 3 is 2.59 bits per heavy atom. The molecule has 2 aromatic rings. The van der Waals surface area contributed by atoms with Crippen molar-refractivity contribution in [2.45, 2.75) is 19.4 Å². The van der Waals surface area contributed by atoms with Gasteiger partial charge >= 0.3 is 0 Å². The highest BCUT2D eigenvalue weighted by atomic mass is 16.5. The van der Waals surface area contributed by atoms with Crippen LogP contribution in [0.25, 0.3) is 0 Å². The number of aromatic nitrogens is 1. The van der Waals surface area contributed by atoms with E-state index in [0.29, 0.717) is 24.4 Å². The third kappa shape index (κ3) is 5.17. The van der Waals surface area contributed by atoms with Crippen LogP contribution in [-0.2, 0) is 13.0 Å². The Hall–Kier alpha value is -2.80. The summed E-state index contributed by atoms with van der Waals surface area (Å²) in [6, 6.07) is 7.59. The molecule has 0 unspecified atom stereocenters. The lowest BCUT2D eigenvalue weighted by Crippen LogP contribution is -2.36. The van der Waals surface area contributed by atoms with Crippen molar-refractivity contribution < 1.29 is 14.3 Å². The summed E-state index contributed by atoms with van der Waals surface area (Å²) in [5.74, 6) is 2.17. The second kappa shape index (κ2) is 9.60. The number of hydrogen-bond donors (Lipinski definition) is 1. The van der Waals surface area contributed by atoms with Gasteiger partial charge in [-0.3, -0.25) is 4.79 Å². The van der Waals surface area contributed by atoms with Gasteiger partial charge < -0.3 is 24.6 Å². The molecule has 7 nitrogen and oxygen atoms in total. The van der Waals surface area contributed by atoms with Crippen molar-refractivity contribution in [3.63, 3.8) is 0 Å². The van der Waals surface area contributed by atoms with Gasteiger partial charge in [0.15, 0.2) is 11.5 Å². The molecule has 0 radical (unpaired) electrons. The molecule has 0 fully saturated rings. The first-order chi connectivity index (χ1) is 14.0. The third-order valence-electron chi connectivity index (χ3n) is 5.10. The van der Waals surface area contributed by atoms with Crippen LogP contribution in [0.15, 0.2) is 30.5 Å². The van der Waals surface area contributed by atoms with E-state index in [-0.39, 0.29) is 5.91 Å². The maximum atomic E-state index is 13.1. The van der Waals surface area contributed by atoms with Crippen molar-refractivity contribution in [2.75, 3.05) is 53.3 Å². The van der Waals surface area contributed by atoms with Crippen LogP contribution in [0.1, 0.15) is 27.9 Å². The van der Waals surface area contributed by atoms with Crippen LogP contribution in [0.5, 0.6) is 11.5 Å². The fourth-order valence-electron chi connectivity index (χ4n) is 3.51. The number of hydrogen-bond acceptors (Lipinski definition) is 6. The van der Waals surface area contributed by atoms with Crippen LogP contribution < -0.4 is 14.8 Å². The van der Waals surface area contributed by atoms with Crippen molar-refractivity contribution in [1.82, 2.24) is 14.8 Å². The monoisotopic (exact) mass is 398 g/mol. The first kappa shape index (κ1) is 20.9. The summed E-state index contributed by atoms with van der Waals surface area (Å²) < 4.78 is 10.8. The topological polar surface area (TPSA) is 66.9 Å². The summed E-state index contributed by atoms with van der Waals surface area (Å²) in [7, 11) is 7.37. The van der Waals surface area contributed by atoms with E-state index in [0.717, 1.165) is 43.1 Å². The summed E-state index contributed by atoms with van der Waals surface area (Å²) in [4.78, 5) is 21.4. The SMILES string of the molecule is COc1cc2c(cc1OC)CN(C(=O)c1ccnc(NCCCN(C)C)c1)CC2. The number of rotatable bonds is 8. The van der Waals surface area contributed by atoms with Gasteiger partial charge in [-0.05, 0) is 68.9 Å². The molecule has 1 N–H and O–H groups in total. The maximum absolute atomic E-state index is 13.1. The summed E-state index contributed by atoms with van der Waals surface area (Å²) >= 11 is 0. The van der Waals surface area contributed by atoms with Gasteiger partial charge in [-0.15, -0.1) is 0 Å². The van der Waals surface area contributed by atoms with Gasteiger partial charge in [-0.2, -0.15) is 0 Å². The van der Waals surface area contributed by atoms with Crippen molar-refractivity contribution in [1.29, 1.82) is 0 Å². The maximum Gasteiger partial charge on any atom is 0.254 e. The average Bonchev–Trinajstić information content (AvgIpc) is 2.74. The van der Waals surface area contributed by atoms with Gasteiger partial charge in [-0.1, -0.05) is 0 Å². The van der Waals surface area contributed by atoms with E-state index in [9.17, 15) is 4.79 Å². The molecule has 1 aromatic carbocycles. The standard InChI is InChI=1S/C22H30N4O3/c1-25(2)10-5-8-23-21-14-17(6-9-24-21)22(27)26-11-7-16-12-19(28-3)20(29-4)13-18(16)15-26/h6,9,12-14H,5,7-8,10-11,15H2,1-4H3,(H,23,24). The Bertz CT molecular complexity index is 854. The van der Waals surface area contributed by atoms with Gasteiger partial charge in [0.1, 0.15) is 5.82 Å². The quantitative estimate of drug-likeness (QED) is 0.690. The first-order valence-electron chi connectivity index (χ1n) is 9.89. The zero-order valence-corrected chi connectivity index (χ0v) is 17.7. The van der Waals surface area contributed by atoms with Gasteiger partial charge in [0.05, 0.1) is 14.2 Å². The smallest absolute Gasteiger partial charge is 0.254 e. The number of pyridine rings is 1. The minimum absolute atomic E-state index is 0.0178. The number of carbonyl (C=O) groups excluding carboxylic acids is 1. The molecule has 29 heavy (non-hydrogen) atoms. The normalized spacial score (nSPS) is 13.2. The Balaban J connectivity index is 1.68. The molecular weight excluding hydrogens is 368 g/mol. The van der Waals surface area contributed by atoms with E-state index in [1.807, 2.05) is 23.1 Å². The molecule has 0 bridgehead atoms. The van der Waals surface area contributed by atoms with E-state index in [1.165, 1.54) is 5.56 Å². The van der Waals surface area contributed by atoms with E-state index in [4.69, 9.17) is 9.47 Å². The number of nitrogens with one attached hydrogen (secondary N) is 1. The Morgan fingerprint density at radius 2 is 1.90 bits per heavy atom. The van der Waals surface area contributed by atoms with Crippen LogP contribution in [0, 0.1) is 0 Å². The average molecular weight is 399 g/mol. The number of nitrogens with zero attached hydrogens (tertiary/aromatic N) is 3. The van der Waals surface area contributed by atoms with Crippen LogP contribution in [0.4, 0.5) is 5.82 Å². The highest BCUT2D eigenvalue weighted by Crippen LogP contribution is 2.33. The van der Waals surface area contributed by atoms with Gasteiger partial charge in [0.25, 0.3) is 5.91 Å². The molecule has 7 heteroatoms. The van der Waals surface area contributed by atoms with E-state index < -0.39 is 0 Å². The fourth-order valence-corrected chi connectivity index (χ4v) is 3.51. The molecule has 1 aromatic heterocycles. The van der Waals surface area contributed by atoms with Crippen molar-refractivity contribution in [3.8, 4) is 11.5 Å². The number of ether oxygens (including phenoxy) is 2. The number of anilines is 1. The number of fused-ring (bicyclic) bond motifs is 1. The first-order valence-corrected chi connectivity index (χ1v) is 9.89. The largest absolute Gasteiger partial charge is 0.493 e. The molecule has 0 saturated heterocycles. The number of methoxy groups -OCH3 is 2. The van der Waals surface area contributed by atoms with Gasteiger partial charge in [0, 0.05) is 31.4 Å². The Labute approximate surface area is 172 Å². The zero-order valence-electron chi connectivity index (χ0n) is 17.7. The molecular formula is C22H30N4O3. The van der Waals surface area contributed by atoms with Crippen molar-refractivity contribution in [3.05, 3.63) is 47.2 Å². The highest BCUT2D eigenvalue weighted by molar-refractivity contribution is 5.95. The molecule has 0 spiro atoms. The number of amides is 1. The van der Waals surface area contributed by atoms with Crippen LogP contribution in [0.2, 0.25) is 0 Å². The molecule has 1 amide bonds. The Kier molecular flexibility index (Phi) is 6.93. The van der Waals surface area contributed by atoms with Crippen molar-refractivity contribution in [2.24, 2.45) is 0 Å².